The van der Waals surface area contributed by atoms with Crippen molar-refractivity contribution in [3.8, 4) is 12.3 Å². The number of hydrogen-bond acceptors (Lipinski definition) is 3. The molecular formula is C11H15N3O. The van der Waals surface area contributed by atoms with Gasteiger partial charge in [-0.25, -0.2) is 4.98 Å². The van der Waals surface area contributed by atoms with Gasteiger partial charge in [-0.05, 0) is 6.42 Å². The van der Waals surface area contributed by atoms with Crippen molar-refractivity contribution in [2.24, 2.45) is 11.7 Å². The molecular weight excluding hydrogens is 190 g/mol. The van der Waals surface area contributed by atoms with Crippen LogP contribution in [0.1, 0.15) is 18.2 Å². The Hall–Kier alpha value is -1.31. The molecule has 0 aliphatic carbocycles. The Morgan fingerprint density at radius 2 is 2.67 bits per heavy atom. The lowest BCUT2D eigenvalue weighted by Gasteiger charge is -2.18. The van der Waals surface area contributed by atoms with Crippen LogP contribution in [0.2, 0.25) is 0 Å². The number of nitrogens with zero attached hydrogens (tertiary/aromatic N) is 2. The first-order valence-electron chi connectivity index (χ1n) is 5.09. The average Bonchev–Trinajstić information content (AvgIpc) is 2.87. The molecule has 1 aliphatic heterocycles. The van der Waals surface area contributed by atoms with Crippen LogP contribution < -0.4 is 5.73 Å². The van der Waals surface area contributed by atoms with Gasteiger partial charge in [0.05, 0.1) is 31.2 Å². The second kappa shape index (κ2) is 4.47. The third kappa shape index (κ3) is 2.04. The molecule has 0 aromatic carbocycles. The summed E-state index contributed by atoms with van der Waals surface area (Å²) in [6, 6.07) is -0.0247. The van der Waals surface area contributed by atoms with Crippen molar-refractivity contribution >= 4 is 0 Å². The Morgan fingerprint density at radius 1 is 1.80 bits per heavy atom. The maximum atomic E-state index is 6.17. The van der Waals surface area contributed by atoms with Gasteiger partial charge in [0.25, 0.3) is 0 Å². The molecule has 1 aliphatic rings. The highest BCUT2D eigenvalue weighted by molar-refractivity contribution is 5.08. The molecule has 1 saturated heterocycles. The fraction of sp³-hybridized carbons (Fsp3) is 0.545. The molecule has 0 radical (unpaired) electrons. The zero-order chi connectivity index (χ0) is 10.7. The van der Waals surface area contributed by atoms with Crippen molar-refractivity contribution in [1.29, 1.82) is 0 Å². The van der Waals surface area contributed by atoms with Crippen molar-refractivity contribution in [3.05, 3.63) is 18.2 Å². The first-order chi connectivity index (χ1) is 7.33. The standard InChI is InChI=1S/C11H15N3O/c1-2-4-14-8-13-6-10(14)11(12)9-3-5-15-7-9/h1,6,8-9,11H,3-5,7,12H2. The number of ether oxygens (including phenoxy) is 1. The third-order valence-electron chi connectivity index (χ3n) is 2.82. The predicted molar refractivity (Wildman–Crippen MR) is 56.9 cm³/mol. The molecule has 4 heteroatoms. The van der Waals surface area contributed by atoms with Crippen molar-refractivity contribution in [3.63, 3.8) is 0 Å². The van der Waals surface area contributed by atoms with E-state index in [2.05, 4.69) is 10.9 Å². The molecule has 2 atom stereocenters. The van der Waals surface area contributed by atoms with Crippen molar-refractivity contribution in [2.45, 2.75) is 19.0 Å². The van der Waals surface area contributed by atoms with Crippen LogP contribution in [0.25, 0.3) is 0 Å². The lowest BCUT2D eigenvalue weighted by molar-refractivity contribution is 0.180. The monoisotopic (exact) mass is 205 g/mol. The Labute approximate surface area is 89.4 Å². The molecule has 1 aromatic rings. The second-order valence-electron chi connectivity index (χ2n) is 3.80. The van der Waals surface area contributed by atoms with E-state index in [0.29, 0.717) is 12.5 Å². The Balaban J connectivity index is 2.13. The molecule has 2 unspecified atom stereocenters. The second-order valence-corrected chi connectivity index (χ2v) is 3.80. The molecule has 0 bridgehead atoms. The largest absolute Gasteiger partial charge is 0.381 e. The van der Waals surface area contributed by atoms with E-state index in [1.54, 1.807) is 12.5 Å². The van der Waals surface area contributed by atoms with Crippen LogP contribution in [-0.2, 0) is 11.3 Å². The van der Waals surface area contributed by atoms with Gasteiger partial charge in [0, 0.05) is 18.7 Å². The Morgan fingerprint density at radius 3 is 3.33 bits per heavy atom. The Kier molecular flexibility index (Phi) is 3.05. The maximum Gasteiger partial charge on any atom is 0.0957 e. The quantitative estimate of drug-likeness (QED) is 0.733. The SMILES string of the molecule is C#CCn1cncc1C(N)C1CCOC1. The lowest BCUT2D eigenvalue weighted by Crippen LogP contribution is -2.24. The summed E-state index contributed by atoms with van der Waals surface area (Å²) < 4.78 is 7.25. The van der Waals surface area contributed by atoms with Gasteiger partial charge in [0.1, 0.15) is 0 Å². The van der Waals surface area contributed by atoms with E-state index in [9.17, 15) is 0 Å². The van der Waals surface area contributed by atoms with E-state index >= 15 is 0 Å². The molecule has 4 nitrogen and oxygen atoms in total. The van der Waals surface area contributed by atoms with Gasteiger partial charge in [0.2, 0.25) is 0 Å². The van der Waals surface area contributed by atoms with Crippen LogP contribution in [-0.4, -0.2) is 22.8 Å². The van der Waals surface area contributed by atoms with Crippen LogP contribution in [0.15, 0.2) is 12.5 Å². The highest BCUT2D eigenvalue weighted by atomic mass is 16.5. The van der Waals surface area contributed by atoms with E-state index in [-0.39, 0.29) is 6.04 Å². The highest BCUT2D eigenvalue weighted by Gasteiger charge is 2.25. The van der Waals surface area contributed by atoms with Crippen molar-refractivity contribution < 1.29 is 4.74 Å². The molecule has 1 fully saturated rings. The minimum atomic E-state index is -0.0247. The summed E-state index contributed by atoms with van der Waals surface area (Å²) in [6.07, 6.45) is 9.81. The fourth-order valence-electron chi connectivity index (χ4n) is 1.92. The van der Waals surface area contributed by atoms with E-state index in [1.165, 1.54) is 0 Å². The van der Waals surface area contributed by atoms with Gasteiger partial charge in [-0.2, -0.15) is 0 Å². The van der Waals surface area contributed by atoms with E-state index < -0.39 is 0 Å². The van der Waals surface area contributed by atoms with Gasteiger partial charge in [-0.1, -0.05) is 5.92 Å². The molecule has 0 amide bonds. The summed E-state index contributed by atoms with van der Waals surface area (Å²) in [5, 5.41) is 0. The summed E-state index contributed by atoms with van der Waals surface area (Å²) in [4.78, 5) is 4.08. The third-order valence-corrected chi connectivity index (χ3v) is 2.82. The normalized spacial score (nSPS) is 22.5. The first kappa shape index (κ1) is 10.2. The van der Waals surface area contributed by atoms with Crippen LogP contribution in [0, 0.1) is 18.3 Å². The average molecular weight is 205 g/mol. The van der Waals surface area contributed by atoms with Gasteiger partial charge < -0.3 is 15.0 Å². The minimum absolute atomic E-state index is 0.0247. The zero-order valence-electron chi connectivity index (χ0n) is 8.60. The van der Waals surface area contributed by atoms with Crippen molar-refractivity contribution in [2.75, 3.05) is 13.2 Å². The summed E-state index contributed by atoms with van der Waals surface area (Å²) in [5.41, 5.74) is 7.17. The fourth-order valence-corrected chi connectivity index (χ4v) is 1.92. The highest BCUT2D eigenvalue weighted by Crippen LogP contribution is 2.26. The molecule has 0 spiro atoms. The van der Waals surface area contributed by atoms with Crippen LogP contribution in [0.3, 0.4) is 0 Å². The lowest BCUT2D eigenvalue weighted by atomic mass is 9.97. The van der Waals surface area contributed by atoms with Gasteiger partial charge in [-0.3, -0.25) is 0 Å². The van der Waals surface area contributed by atoms with Gasteiger partial charge >= 0.3 is 0 Å². The topological polar surface area (TPSA) is 53.1 Å². The van der Waals surface area contributed by atoms with E-state index in [4.69, 9.17) is 16.9 Å². The number of rotatable bonds is 3. The summed E-state index contributed by atoms with van der Waals surface area (Å²) in [6.45, 7) is 2.07. The predicted octanol–water partition coefficient (Wildman–Crippen LogP) is 0.553. The molecule has 1 aromatic heterocycles. The van der Waals surface area contributed by atoms with Crippen LogP contribution in [0.5, 0.6) is 0 Å². The summed E-state index contributed by atoms with van der Waals surface area (Å²) >= 11 is 0. The van der Waals surface area contributed by atoms with Gasteiger partial charge in [-0.15, -0.1) is 6.42 Å². The van der Waals surface area contributed by atoms with Crippen LogP contribution >= 0.6 is 0 Å². The molecule has 0 saturated carbocycles. The Bertz CT molecular complexity index is 360. The molecule has 2 heterocycles. The number of imidazole rings is 1. The minimum Gasteiger partial charge on any atom is -0.381 e. The maximum absolute atomic E-state index is 6.17. The van der Waals surface area contributed by atoms with Crippen LogP contribution in [0.4, 0.5) is 0 Å². The summed E-state index contributed by atoms with van der Waals surface area (Å²) in [7, 11) is 0. The molecule has 2 rings (SSSR count). The van der Waals surface area contributed by atoms with Gasteiger partial charge in [0.15, 0.2) is 0 Å². The molecule has 15 heavy (non-hydrogen) atoms. The molecule has 80 valence electrons. The number of nitrogens with two attached hydrogens (primary N) is 1. The molecule has 2 N–H and O–H groups in total. The van der Waals surface area contributed by atoms with E-state index in [0.717, 1.165) is 25.3 Å². The number of terminal acetylenes is 1. The zero-order valence-corrected chi connectivity index (χ0v) is 8.60. The number of hydrogen-bond donors (Lipinski definition) is 1. The van der Waals surface area contributed by atoms with Crippen molar-refractivity contribution in [1.82, 2.24) is 9.55 Å². The smallest absolute Gasteiger partial charge is 0.0957 e. The first-order valence-corrected chi connectivity index (χ1v) is 5.09. The number of aromatic nitrogens is 2. The van der Waals surface area contributed by atoms with E-state index in [1.807, 2.05) is 4.57 Å². The summed E-state index contributed by atoms with van der Waals surface area (Å²) in [5.74, 6) is 2.98.